The van der Waals surface area contributed by atoms with Crippen molar-refractivity contribution in [3.8, 4) is 11.5 Å². The van der Waals surface area contributed by atoms with Crippen LogP contribution < -0.4 is 14.4 Å². The molecule has 4 rings (SSSR count). The molecule has 0 aromatic heterocycles. The first-order valence-corrected chi connectivity index (χ1v) is 11.0. The van der Waals surface area contributed by atoms with Gasteiger partial charge in [-0.1, -0.05) is 36.4 Å². The van der Waals surface area contributed by atoms with Gasteiger partial charge in [0.15, 0.2) is 0 Å². The highest BCUT2D eigenvalue weighted by Crippen LogP contribution is 2.37. The Morgan fingerprint density at radius 1 is 1.06 bits per heavy atom. The number of aryl methyl sites for hydroxylation is 2. The van der Waals surface area contributed by atoms with Gasteiger partial charge in [-0.2, -0.15) is 0 Å². The Hall–Kier alpha value is -3.34. The summed E-state index contributed by atoms with van der Waals surface area (Å²) in [7, 11) is 1.67. The summed E-state index contributed by atoms with van der Waals surface area (Å²) in [5.41, 5.74) is 4.94. The van der Waals surface area contributed by atoms with Crippen LogP contribution in [-0.2, 0) is 30.8 Å². The minimum atomic E-state index is -0.288. The van der Waals surface area contributed by atoms with Crippen molar-refractivity contribution in [2.45, 2.75) is 38.8 Å². The fraction of sp³-hybridized carbons (Fsp3) is 0.296. The summed E-state index contributed by atoms with van der Waals surface area (Å²) in [6.45, 7) is 2.04. The minimum Gasteiger partial charge on any atom is -0.497 e. The van der Waals surface area contributed by atoms with Crippen LogP contribution in [0.2, 0.25) is 0 Å². The molecule has 0 atom stereocenters. The SMILES string of the molecule is COc1ccc(CN2CCCc3cccc(OCc4ccc(CCC=O)c(F)c4)c32)cc1. The first kappa shape index (κ1) is 21.9. The number of rotatable bonds is 9. The van der Waals surface area contributed by atoms with E-state index in [1.165, 1.54) is 17.2 Å². The summed E-state index contributed by atoms with van der Waals surface area (Å²) in [5, 5.41) is 0. The Kier molecular flexibility index (Phi) is 7.05. The molecule has 32 heavy (non-hydrogen) atoms. The quantitative estimate of drug-likeness (QED) is 0.418. The largest absolute Gasteiger partial charge is 0.497 e. The van der Waals surface area contributed by atoms with Crippen LogP contribution in [0.25, 0.3) is 0 Å². The van der Waals surface area contributed by atoms with Crippen LogP contribution in [0.3, 0.4) is 0 Å². The number of nitrogens with zero attached hydrogens (tertiary/aromatic N) is 1. The Morgan fingerprint density at radius 2 is 1.88 bits per heavy atom. The number of carbonyl (C=O) groups is 1. The smallest absolute Gasteiger partial charge is 0.143 e. The van der Waals surface area contributed by atoms with Crippen molar-refractivity contribution in [2.75, 3.05) is 18.6 Å². The van der Waals surface area contributed by atoms with Gasteiger partial charge < -0.3 is 19.2 Å². The minimum absolute atomic E-state index is 0.288. The van der Waals surface area contributed by atoms with Crippen molar-refractivity contribution in [3.05, 3.63) is 88.7 Å². The molecule has 0 amide bonds. The Morgan fingerprint density at radius 3 is 2.62 bits per heavy atom. The molecule has 0 saturated heterocycles. The molecule has 0 N–H and O–H groups in total. The number of hydrogen-bond acceptors (Lipinski definition) is 4. The van der Waals surface area contributed by atoms with Gasteiger partial charge in [0.05, 0.1) is 12.8 Å². The lowest BCUT2D eigenvalue weighted by Crippen LogP contribution is -2.29. The van der Waals surface area contributed by atoms with Crippen molar-refractivity contribution in [1.29, 1.82) is 0 Å². The number of anilines is 1. The van der Waals surface area contributed by atoms with Crippen molar-refractivity contribution >= 4 is 12.0 Å². The first-order chi connectivity index (χ1) is 15.7. The van der Waals surface area contributed by atoms with E-state index in [1.54, 1.807) is 13.2 Å². The van der Waals surface area contributed by atoms with E-state index >= 15 is 0 Å². The number of benzene rings is 3. The third-order valence-electron chi connectivity index (χ3n) is 5.85. The molecule has 3 aromatic carbocycles. The summed E-state index contributed by atoms with van der Waals surface area (Å²) >= 11 is 0. The molecule has 3 aromatic rings. The summed E-state index contributed by atoms with van der Waals surface area (Å²) in [4.78, 5) is 12.9. The van der Waals surface area contributed by atoms with E-state index in [0.29, 0.717) is 18.4 Å². The molecule has 166 valence electrons. The van der Waals surface area contributed by atoms with Gasteiger partial charge in [0.2, 0.25) is 0 Å². The molecule has 5 heteroatoms. The van der Waals surface area contributed by atoms with E-state index in [9.17, 15) is 9.18 Å². The van der Waals surface area contributed by atoms with E-state index in [1.807, 2.05) is 30.3 Å². The van der Waals surface area contributed by atoms with E-state index in [4.69, 9.17) is 9.47 Å². The molecule has 0 saturated carbocycles. The molecule has 1 aliphatic heterocycles. The van der Waals surface area contributed by atoms with Crippen LogP contribution in [0.5, 0.6) is 11.5 Å². The van der Waals surface area contributed by atoms with Gasteiger partial charge in [-0.15, -0.1) is 0 Å². The Balaban J connectivity index is 1.50. The average molecular weight is 434 g/mol. The standard InChI is InChI=1S/C27H28FNO3/c1-31-24-13-10-20(11-14-24)18-29-15-3-6-23-5-2-8-26(27(23)29)32-19-21-9-12-22(7-4-16-30)25(28)17-21/h2,5,8-14,16-17H,3-4,6-7,15,18-19H2,1H3. The second-order valence-electron chi connectivity index (χ2n) is 8.06. The molecule has 0 spiro atoms. The van der Waals surface area contributed by atoms with Crippen LogP contribution in [0.4, 0.5) is 10.1 Å². The summed E-state index contributed by atoms with van der Waals surface area (Å²) < 4.78 is 25.8. The number of hydrogen-bond donors (Lipinski definition) is 0. The Bertz CT molecular complexity index is 1060. The number of methoxy groups -OCH3 is 1. The average Bonchev–Trinajstić information content (AvgIpc) is 2.82. The Labute approximate surface area is 188 Å². The highest BCUT2D eigenvalue weighted by Gasteiger charge is 2.21. The number of aldehydes is 1. The summed E-state index contributed by atoms with van der Waals surface area (Å²) in [5.74, 6) is 1.38. The van der Waals surface area contributed by atoms with Crippen LogP contribution in [0, 0.1) is 5.82 Å². The van der Waals surface area contributed by atoms with E-state index in [-0.39, 0.29) is 12.4 Å². The fourth-order valence-electron chi connectivity index (χ4n) is 4.19. The maximum Gasteiger partial charge on any atom is 0.143 e. The lowest BCUT2D eigenvalue weighted by Gasteiger charge is -2.33. The topological polar surface area (TPSA) is 38.8 Å². The lowest BCUT2D eigenvalue weighted by molar-refractivity contribution is -0.107. The van der Waals surface area contributed by atoms with E-state index in [0.717, 1.165) is 55.0 Å². The van der Waals surface area contributed by atoms with Crippen molar-refractivity contribution in [3.63, 3.8) is 0 Å². The molecular weight excluding hydrogens is 405 g/mol. The predicted molar refractivity (Wildman–Crippen MR) is 124 cm³/mol. The van der Waals surface area contributed by atoms with Gasteiger partial charge in [0.1, 0.15) is 30.2 Å². The monoisotopic (exact) mass is 433 g/mol. The second kappa shape index (κ2) is 10.3. The number of ether oxygens (including phenoxy) is 2. The zero-order valence-electron chi connectivity index (χ0n) is 18.4. The zero-order valence-corrected chi connectivity index (χ0v) is 18.4. The molecule has 0 radical (unpaired) electrons. The van der Waals surface area contributed by atoms with Gasteiger partial charge in [-0.3, -0.25) is 0 Å². The molecule has 0 unspecified atom stereocenters. The molecule has 1 heterocycles. The van der Waals surface area contributed by atoms with Gasteiger partial charge >= 0.3 is 0 Å². The highest BCUT2D eigenvalue weighted by atomic mass is 19.1. The second-order valence-corrected chi connectivity index (χ2v) is 8.06. The third kappa shape index (κ3) is 5.10. The molecule has 0 bridgehead atoms. The highest BCUT2D eigenvalue weighted by molar-refractivity contribution is 5.65. The normalized spacial score (nSPS) is 12.9. The number of para-hydroxylation sites is 1. The number of halogens is 1. The molecule has 0 fully saturated rings. The van der Waals surface area contributed by atoms with Crippen molar-refractivity contribution < 1.29 is 18.7 Å². The first-order valence-electron chi connectivity index (χ1n) is 11.0. The van der Waals surface area contributed by atoms with Crippen molar-refractivity contribution in [1.82, 2.24) is 0 Å². The van der Waals surface area contributed by atoms with Crippen LogP contribution >= 0.6 is 0 Å². The van der Waals surface area contributed by atoms with Crippen LogP contribution in [0.1, 0.15) is 35.1 Å². The molecule has 0 aliphatic carbocycles. The third-order valence-corrected chi connectivity index (χ3v) is 5.85. The summed E-state index contributed by atoms with van der Waals surface area (Å²) in [6, 6.07) is 19.4. The molecule has 4 nitrogen and oxygen atoms in total. The molecular formula is C27H28FNO3. The number of carbonyl (C=O) groups excluding carboxylic acids is 1. The van der Waals surface area contributed by atoms with Crippen LogP contribution in [-0.4, -0.2) is 19.9 Å². The van der Waals surface area contributed by atoms with Gasteiger partial charge in [-0.25, -0.2) is 4.39 Å². The zero-order chi connectivity index (χ0) is 22.3. The summed E-state index contributed by atoms with van der Waals surface area (Å²) in [6.07, 6.45) is 3.68. The van der Waals surface area contributed by atoms with Gasteiger partial charge in [-0.05, 0) is 65.8 Å². The van der Waals surface area contributed by atoms with Crippen molar-refractivity contribution in [2.24, 2.45) is 0 Å². The maximum atomic E-state index is 14.3. The van der Waals surface area contributed by atoms with Gasteiger partial charge in [0, 0.05) is 19.5 Å². The van der Waals surface area contributed by atoms with Crippen LogP contribution in [0.15, 0.2) is 60.7 Å². The molecule has 1 aliphatic rings. The lowest BCUT2D eigenvalue weighted by atomic mass is 10.00. The van der Waals surface area contributed by atoms with Gasteiger partial charge in [0.25, 0.3) is 0 Å². The van der Waals surface area contributed by atoms with E-state index in [2.05, 4.69) is 23.1 Å². The van der Waals surface area contributed by atoms with E-state index < -0.39 is 0 Å². The predicted octanol–water partition coefficient (Wildman–Crippen LogP) is 5.50. The number of fused-ring (bicyclic) bond motifs is 1. The fourth-order valence-corrected chi connectivity index (χ4v) is 4.19. The maximum absolute atomic E-state index is 14.3.